The van der Waals surface area contributed by atoms with Gasteiger partial charge in [0.05, 0.1) is 6.54 Å². The van der Waals surface area contributed by atoms with Gasteiger partial charge >= 0.3 is 6.18 Å². The predicted molar refractivity (Wildman–Crippen MR) is 105 cm³/mol. The van der Waals surface area contributed by atoms with E-state index in [4.69, 9.17) is 0 Å². The Morgan fingerprint density at radius 3 is 2.46 bits per heavy atom. The summed E-state index contributed by atoms with van der Waals surface area (Å²) in [5.74, 6) is 0.210. The van der Waals surface area contributed by atoms with Gasteiger partial charge in [-0.2, -0.15) is 13.2 Å². The maximum Gasteiger partial charge on any atom is 0.434 e. The summed E-state index contributed by atoms with van der Waals surface area (Å²) in [5, 5.41) is 7.39. The van der Waals surface area contributed by atoms with Crippen LogP contribution in [0.3, 0.4) is 0 Å². The first-order valence-corrected chi connectivity index (χ1v) is 8.54. The van der Waals surface area contributed by atoms with Crippen LogP contribution in [0.25, 0.3) is 0 Å². The minimum atomic E-state index is -4.43. The molecule has 0 fully saturated rings. The lowest BCUT2D eigenvalue weighted by molar-refractivity contribution is -0.140. The number of aliphatic imine (C=N–C) groups is 1. The largest absolute Gasteiger partial charge is 0.434 e. The van der Waals surface area contributed by atoms with Crippen molar-refractivity contribution in [3.05, 3.63) is 51.7 Å². The minimum Gasteiger partial charge on any atom is -0.357 e. The fraction of sp³-hybridized carbons (Fsp3) is 0.375. The van der Waals surface area contributed by atoms with E-state index < -0.39 is 11.9 Å². The van der Waals surface area contributed by atoms with Crippen LogP contribution in [-0.4, -0.2) is 24.0 Å². The van der Waals surface area contributed by atoms with Crippen LogP contribution in [0.5, 0.6) is 0 Å². The maximum atomic E-state index is 12.9. The lowest BCUT2D eigenvalue weighted by Gasteiger charge is -2.11. The van der Waals surface area contributed by atoms with E-state index in [0.29, 0.717) is 30.5 Å². The van der Waals surface area contributed by atoms with Crippen LogP contribution in [-0.2, 0) is 19.1 Å². The van der Waals surface area contributed by atoms with Gasteiger partial charge in [-0.1, -0.05) is 12.1 Å². The van der Waals surface area contributed by atoms with Crippen molar-refractivity contribution < 1.29 is 17.6 Å². The molecule has 1 heterocycles. The average molecular weight is 502 g/mol. The molecule has 0 bridgehead atoms. The number of benzene rings is 1. The second-order valence-corrected chi connectivity index (χ2v) is 6.07. The van der Waals surface area contributed by atoms with E-state index in [-0.39, 0.29) is 36.3 Å². The zero-order valence-electron chi connectivity index (χ0n) is 13.9. The van der Waals surface area contributed by atoms with Crippen LogP contribution in [0.2, 0.25) is 0 Å². The molecule has 0 unspecified atom stereocenters. The van der Waals surface area contributed by atoms with Crippen LogP contribution < -0.4 is 10.6 Å². The van der Waals surface area contributed by atoms with Crippen molar-refractivity contribution in [1.29, 1.82) is 0 Å². The maximum absolute atomic E-state index is 12.9. The highest BCUT2D eigenvalue weighted by atomic mass is 127. The van der Waals surface area contributed by atoms with Crippen molar-refractivity contribution in [1.82, 2.24) is 15.6 Å². The first-order valence-electron chi connectivity index (χ1n) is 7.66. The third kappa shape index (κ3) is 7.44. The fourth-order valence-electron chi connectivity index (χ4n) is 1.98. The topological polar surface area (TPSA) is 49.3 Å². The quantitative estimate of drug-likeness (QED) is 0.269. The molecule has 2 aromatic rings. The molecule has 10 heteroatoms. The van der Waals surface area contributed by atoms with Gasteiger partial charge in [0.2, 0.25) is 0 Å². The summed E-state index contributed by atoms with van der Waals surface area (Å²) in [6.07, 6.45) is -3.77. The molecule has 2 N–H and O–H groups in total. The molecule has 2 rings (SSSR count). The first kappa shape index (κ1) is 22.6. The highest BCUT2D eigenvalue weighted by Gasteiger charge is 2.33. The van der Waals surface area contributed by atoms with Gasteiger partial charge in [-0.25, -0.2) is 14.4 Å². The number of halogens is 5. The molecule has 144 valence electrons. The zero-order chi connectivity index (χ0) is 18.3. The molecule has 1 aromatic heterocycles. The van der Waals surface area contributed by atoms with Gasteiger partial charge in [0.25, 0.3) is 0 Å². The normalized spacial score (nSPS) is 11.8. The van der Waals surface area contributed by atoms with E-state index in [9.17, 15) is 17.6 Å². The standard InChI is InChI=1S/C16H18F4N4S.HI/c1-2-21-15(22-8-7-11-3-5-12(17)6-4-11)23-9-14-24-13(10-25-14)16(18,19)20;/h3-6,10H,2,7-9H2,1H3,(H2,21,22,23);1H. The Morgan fingerprint density at radius 1 is 1.19 bits per heavy atom. The number of nitrogens with zero attached hydrogens (tertiary/aromatic N) is 2. The summed E-state index contributed by atoms with van der Waals surface area (Å²) in [6.45, 7) is 3.13. The van der Waals surface area contributed by atoms with Crippen molar-refractivity contribution >= 4 is 41.3 Å². The third-order valence-electron chi connectivity index (χ3n) is 3.18. The number of hydrogen-bond donors (Lipinski definition) is 2. The molecule has 0 saturated carbocycles. The number of aromatic nitrogens is 1. The number of alkyl halides is 3. The molecular formula is C16H19F4IN4S. The fourth-order valence-corrected chi connectivity index (χ4v) is 2.70. The average Bonchev–Trinajstić information content (AvgIpc) is 3.04. The van der Waals surface area contributed by atoms with Gasteiger partial charge < -0.3 is 10.6 Å². The SMILES string of the molecule is CCNC(=NCc1nc(C(F)(F)F)cs1)NCCc1ccc(F)cc1.I. The van der Waals surface area contributed by atoms with Crippen molar-refractivity contribution in [3.8, 4) is 0 Å². The Hall–Kier alpha value is -1.43. The summed E-state index contributed by atoms with van der Waals surface area (Å²) < 4.78 is 50.5. The molecule has 4 nitrogen and oxygen atoms in total. The van der Waals surface area contributed by atoms with E-state index in [1.165, 1.54) is 12.1 Å². The van der Waals surface area contributed by atoms with E-state index in [1.54, 1.807) is 12.1 Å². The number of thiazole rings is 1. The number of hydrogen-bond acceptors (Lipinski definition) is 3. The number of nitrogens with one attached hydrogen (secondary N) is 2. The summed E-state index contributed by atoms with van der Waals surface area (Å²) in [4.78, 5) is 7.78. The molecule has 0 atom stereocenters. The van der Waals surface area contributed by atoms with Crippen LogP contribution in [0.4, 0.5) is 17.6 Å². The Kier molecular flexibility index (Phi) is 9.27. The van der Waals surface area contributed by atoms with Gasteiger partial charge in [-0.05, 0) is 31.0 Å². The van der Waals surface area contributed by atoms with Gasteiger partial charge in [-0.15, -0.1) is 35.3 Å². The molecule has 0 aliphatic carbocycles. The van der Waals surface area contributed by atoms with Gasteiger partial charge in [-0.3, -0.25) is 0 Å². The molecule has 0 aliphatic heterocycles. The van der Waals surface area contributed by atoms with Crippen LogP contribution in [0.15, 0.2) is 34.6 Å². The molecular weight excluding hydrogens is 483 g/mol. The first-order chi connectivity index (χ1) is 11.9. The lowest BCUT2D eigenvalue weighted by atomic mass is 10.1. The minimum absolute atomic E-state index is 0. The summed E-state index contributed by atoms with van der Waals surface area (Å²) >= 11 is 0.929. The van der Waals surface area contributed by atoms with Crippen LogP contribution in [0.1, 0.15) is 23.2 Å². The second-order valence-electron chi connectivity index (χ2n) is 5.12. The lowest BCUT2D eigenvalue weighted by Crippen LogP contribution is -2.38. The Morgan fingerprint density at radius 2 is 1.88 bits per heavy atom. The van der Waals surface area contributed by atoms with Gasteiger partial charge in [0.15, 0.2) is 11.7 Å². The molecule has 0 aliphatic rings. The van der Waals surface area contributed by atoms with E-state index >= 15 is 0 Å². The summed E-state index contributed by atoms with van der Waals surface area (Å²) in [7, 11) is 0. The smallest absolute Gasteiger partial charge is 0.357 e. The Labute approximate surface area is 170 Å². The van der Waals surface area contributed by atoms with E-state index in [2.05, 4.69) is 20.6 Å². The Balaban J connectivity index is 0.00000338. The second kappa shape index (κ2) is 10.7. The summed E-state index contributed by atoms with van der Waals surface area (Å²) in [6, 6.07) is 6.20. The van der Waals surface area contributed by atoms with Crippen molar-refractivity contribution in [3.63, 3.8) is 0 Å². The van der Waals surface area contributed by atoms with Crippen molar-refractivity contribution in [2.45, 2.75) is 26.1 Å². The highest BCUT2D eigenvalue weighted by Crippen LogP contribution is 2.30. The Bertz CT molecular complexity index is 701. The van der Waals surface area contributed by atoms with E-state index in [1.807, 2.05) is 6.92 Å². The molecule has 0 saturated heterocycles. The van der Waals surface area contributed by atoms with E-state index in [0.717, 1.165) is 22.3 Å². The molecule has 0 spiro atoms. The predicted octanol–water partition coefficient (Wildman–Crippen LogP) is 4.22. The van der Waals surface area contributed by atoms with Crippen LogP contribution in [0, 0.1) is 5.82 Å². The van der Waals surface area contributed by atoms with Crippen LogP contribution >= 0.6 is 35.3 Å². The molecule has 26 heavy (non-hydrogen) atoms. The van der Waals surface area contributed by atoms with Gasteiger partial charge in [0.1, 0.15) is 10.8 Å². The zero-order valence-corrected chi connectivity index (χ0v) is 17.1. The molecule has 0 radical (unpaired) electrons. The number of guanidine groups is 1. The van der Waals surface area contributed by atoms with Crippen molar-refractivity contribution in [2.75, 3.05) is 13.1 Å². The highest BCUT2D eigenvalue weighted by molar-refractivity contribution is 14.0. The monoisotopic (exact) mass is 502 g/mol. The van der Waals surface area contributed by atoms with Crippen molar-refractivity contribution in [2.24, 2.45) is 4.99 Å². The molecule has 0 amide bonds. The summed E-state index contributed by atoms with van der Waals surface area (Å²) in [5.41, 5.74) is 0.0801. The van der Waals surface area contributed by atoms with Gasteiger partial charge in [0, 0.05) is 18.5 Å². The third-order valence-corrected chi connectivity index (χ3v) is 4.01. The number of rotatable bonds is 6. The molecule has 1 aromatic carbocycles.